The van der Waals surface area contributed by atoms with Gasteiger partial charge in [0.15, 0.2) is 0 Å². The summed E-state index contributed by atoms with van der Waals surface area (Å²) in [7, 11) is 0. The topological polar surface area (TPSA) is 38.7 Å². The molecule has 0 fully saturated rings. The summed E-state index contributed by atoms with van der Waals surface area (Å²) in [6.45, 7) is 4.49. The lowest BCUT2D eigenvalue weighted by Gasteiger charge is -2.33. The standard InChI is InChI=1S/C13H15NO2/c1-13(2,14-9-15)11-7-10-5-3-4-6-12(10)16-8-11/h3-6,11H,7-8H2,1-2H3. The number of benzene rings is 1. The van der Waals surface area contributed by atoms with Crippen molar-refractivity contribution in [3.63, 3.8) is 0 Å². The molecule has 1 aliphatic rings. The number of rotatable bonds is 2. The van der Waals surface area contributed by atoms with Crippen LogP contribution in [0.1, 0.15) is 19.4 Å². The predicted molar refractivity (Wildman–Crippen MR) is 61.3 cm³/mol. The molecule has 1 unspecified atom stereocenters. The Kier molecular flexibility index (Phi) is 2.80. The quantitative estimate of drug-likeness (QED) is 0.563. The largest absolute Gasteiger partial charge is 0.493 e. The van der Waals surface area contributed by atoms with Gasteiger partial charge in [0, 0.05) is 5.92 Å². The fraction of sp³-hybridized carbons (Fsp3) is 0.462. The van der Waals surface area contributed by atoms with E-state index >= 15 is 0 Å². The first kappa shape index (κ1) is 10.9. The summed E-state index contributed by atoms with van der Waals surface area (Å²) in [6.07, 6.45) is 2.55. The summed E-state index contributed by atoms with van der Waals surface area (Å²) in [4.78, 5) is 14.2. The van der Waals surface area contributed by atoms with Gasteiger partial charge in [-0.05, 0) is 31.9 Å². The molecule has 0 amide bonds. The molecule has 0 bridgehead atoms. The van der Waals surface area contributed by atoms with Crippen LogP contribution in [0.2, 0.25) is 0 Å². The van der Waals surface area contributed by atoms with Crippen LogP contribution in [0.3, 0.4) is 0 Å². The van der Waals surface area contributed by atoms with E-state index in [1.54, 1.807) is 6.08 Å². The average molecular weight is 217 g/mol. The molecule has 1 aliphatic heterocycles. The van der Waals surface area contributed by atoms with Gasteiger partial charge in [0.25, 0.3) is 0 Å². The van der Waals surface area contributed by atoms with Crippen LogP contribution in [-0.4, -0.2) is 18.2 Å². The third-order valence-electron chi connectivity index (χ3n) is 3.21. The molecule has 16 heavy (non-hydrogen) atoms. The van der Waals surface area contributed by atoms with Crippen molar-refractivity contribution in [1.29, 1.82) is 0 Å². The highest BCUT2D eigenvalue weighted by atomic mass is 16.5. The third-order valence-corrected chi connectivity index (χ3v) is 3.21. The Hall–Kier alpha value is -1.60. The van der Waals surface area contributed by atoms with Crippen molar-refractivity contribution in [3.05, 3.63) is 29.8 Å². The number of hydrogen-bond donors (Lipinski definition) is 0. The Bertz CT molecular complexity index is 433. The van der Waals surface area contributed by atoms with Crippen LogP contribution in [0.5, 0.6) is 5.75 Å². The van der Waals surface area contributed by atoms with E-state index in [0.717, 1.165) is 12.2 Å². The zero-order chi connectivity index (χ0) is 11.6. The molecule has 0 aliphatic carbocycles. The van der Waals surface area contributed by atoms with E-state index in [-0.39, 0.29) is 5.92 Å². The minimum atomic E-state index is -0.407. The summed E-state index contributed by atoms with van der Waals surface area (Å²) in [5, 5.41) is 0. The van der Waals surface area contributed by atoms with Gasteiger partial charge in [-0.3, -0.25) is 0 Å². The smallest absolute Gasteiger partial charge is 0.235 e. The number of nitrogens with zero attached hydrogens (tertiary/aromatic N) is 1. The van der Waals surface area contributed by atoms with Crippen molar-refractivity contribution < 1.29 is 9.53 Å². The molecule has 84 valence electrons. The lowest BCUT2D eigenvalue weighted by molar-refractivity contribution is 0.166. The van der Waals surface area contributed by atoms with Crippen molar-refractivity contribution >= 4 is 6.08 Å². The van der Waals surface area contributed by atoms with Gasteiger partial charge in [-0.2, -0.15) is 4.99 Å². The molecule has 0 saturated carbocycles. The summed E-state index contributed by atoms with van der Waals surface area (Å²) >= 11 is 0. The van der Waals surface area contributed by atoms with Gasteiger partial charge in [-0.25, -0.2) is 4.79 Å². The maximum absolute atomic E-state index is 10.4. The molecule has 1 atom stereocenters. The van der Waals surface area contributed by atoms with Crippen LogP contribution in [-0.2, 0) is 11.2 Å². The van der Waals surface area contributed by atoms with Crippen molar-refractivity contribution in [2.45, 2.75) is 25.8 Å². The average Bonchev–Trinajstić information content (AvgIpc) is 2.28. The van der Waals surface area contributed by atoms with Crippen LogP contribution >= 0.6 is 0 Å². The van der Waals surface area contributed by atoms with Gasteiger partial charge in [0.1, 0.15) is 5.75 Å². The molecular weight excluding hydrogens is 202 g/mol. The second-order valence-corrected chi connectivity index (χ2v) is 4.68. The Balaban J connectivity index is 2.23. The van der Waals surface area contributed by atoms with Gasteiger partial charge >= 0.3 is 0 Å². The highest BCUT2D eigenvalue weighted by Gasteiger charge is 2.33. The van der Waals surface area contributed by atoms with Gasteiger partial charge in [-0.1, -0.05) is 18.2 Å². The molecule has 2 rings (SSSR count). The van der Waals surface area contributed by atoms with Crippen LogP contribution in [0.4, 0.5) is 0 Å². The number of isocyanates is 1. The number of ether oxygens (including phenoxy) is 1. The van der Waals surface area contributed by atoms with E-state index in [1.165, 1.54) is 5.56 Å². The van der Waals surface area contributed by atoms with Gasteiger partial charge in [0.05, 0.1) is 12.1 Å². The Labute approximate surface area is 95.2 Å². The van der Waals surface area contributed by atoms with E-state index in [0.29, 0.717) is 6.61 Å². The molecule has 0 saturated heterocycles. The minimum absolute atomic E-state index is 0.226. The molecule has 3 heteroatoms. The highest BCUT2D eigenvalue weighted by molar-refractivity contribution is 5.37. The molecule has 1 aromatic rings. The second-order valence-electron chi connectivity index (χ2n) is 4.68. The first-order valence-electron chi connectivity index (χ1n) is 5.43. The number of aliphatic imine (C=N–C) groups is 1. The zero-order valence-electron chi connectivity index (χ0n) is 9.56. The second kappa shape index (κ2) is 4.11. The van der Waals surface area contributed by atoms with Crippen molar-refractivity contribution in [2.75, 3.05) is 6.61 Å². The Morgan fingerprint density at radius 2 is 2.19 bits per heavy atom. The van der Waals surface area contributed by atoms with Crippen molar-refractivity contribution in [1.82, 2.24) is 0 Å². The predicted octanol–water partition coefficient (Wildman–Crippen LogP) is 2.35. The van der Waals surface area contributed by atoms with Gasteiger partial charge in [0.2, 0.25) is 6.08 Å². The van der Waals surface area contributed by atoms with Crippen LogP contribution in [0.15, 0.2) is 29.3 Å². The maximum atomic E-state index is 10.4. The number of fused-ring (bicyclic) bond motifs is 1. The lowest BCUT2D eigenvalue weighted by atomic mass is 9.82. The first-order chi connectivity index (χ1) is 7.63. The van der Waals surface area contributed by atoms with Crippen LogP contribution < -0.4 is 4.74 Å². The fourth-order valence-corrected chi connectivity index (χ4v) is 1.99. The summed E-state index contributed by atoms with van der Waals surface area (Å²) in [6, 6.07) is 8.00. The Morgan fingerprint density at radius 3 is 2.94 bits per heavy atom. The van der Waals surface area contributed by atoms with Crippen LogP contribution in [0, 0.1) is 5.92 Å². The molecular formula is C13H15NO2. The highest BCUT2D eigenvalue weighted by Crippen LogP contribution is 2.33. The molecule has 3 nitrogen and oxygen atoms in total. The first-order valence-corrected chi connectivity index (χ1v) is 5.43. The summed E-state index contributed by atoms with van der Waals surface area (Å²) in [5.41, 5.74) is 0.780. The number of carbonyl (C=O) groups excluding carboxylic acids is 1. The minimum Gasteiger partial charge on any atom is -0.493 e. The summed E-state index contributed by atoms with van der Waals surface area (Å²) in [5.74, 6) is 1.17. The molecule has 1 aromatic carbocycles. The molecule has 1 heterocycles. The summed E-state index contributed by atoms with van der Waals surface area (Å²) < 4.78 is 5.68. The SMILES string of the molecule is CC(C)(N=C=O)C1COc2ccccc2C1. The van der Waals surface area contributed by atoms with E-state index in [1.807, 2.05) is 32.0 Å². The molecule has 0 spiro atoms. The van der Waals surface area contributed by atoms with Crippen molar-refractivity contribution in [2.24, 2.45) is 10.9 Å². The van der Waals surface area contributed by atoms with E-state index < -0.39 is 5.54 Å². The molecule has 0 N–H and O–H groups in total. The third kappa shape index (κ3) is 2.00. The van der Waals surface area contributed by atoms with E-state index in [2.05, 4.69) is 11.1 Å². The molecule has 0 aromatic heterocycles. The Morgan fingerprint density at radius 1 is 1.44 bits per heavy atom. The van der Waals surface area contributed by atoms with Crippen LogP contribution in [0.25, 0.3) is 0 Å². The van der Waals surface area contributed by atoms with Gasteiger partial charge in [-0.15, -0.1) is 0 Å². The maximum Gasteiger partial charge on any atom is 0.235 e. The van der Waals surface area contributed by atoms with E-state index in [4.69, 9.17) is 4.74 Å². The molecule has 0 radical (unpaired) electrons. The lowest BCUT2D eigenvalue weighted by Crippen LogP contribution is -2.37. The number of para-hydroxylation sites is 1. The van der Waals surface area contributed by atoms with E-state index in [9.17, 15) is 4.79 Å². The monoisotopic (exact) mass is 217 g/mol. The van der Waals surface area contributed by atoms with Gasteiger partial charge < -0.3 is 4.74 Å². The zero-order valence-corrected chi connectivity index (χ0v) is 9.56. The normalized spacial score (nSPS) is 19.2. The fourth-order valence-electron chi connectivity index (χ4n) is 1.99. The number of hydrogen-bond acceptors (Lipinski definition) is 3. The van der Waals surface area contributed by atoms with Crippen molar-refractivity contribution in [3.8, 4) is 5.75 Å².